The van der Waals surface area contributed by atoms with E-state index < -0.39 is 0 Å². The van der Waals surface area contributed by atoms with Gasteiger partial charge in [-0.1, -0.05) is 152 Å². The Morgan fingerprint density at radius 3 is 1.61 bits per heavy atom. The van der Waals surface area contributed by atoms with E-state index in [-0.39, 0.29) is 0 Å². The van der Waals surface area contributed by atoms with Gasteiger partial charge in [0.15, 0.2) is 0 Å². The van der Waals surface area contributed by atoms with Gasteiger partial charge in [-0.2, -0.15) is 0 Å². The van der Waals surface area contributed by atoms with Gasteiger partial charge in [-0.3, -0.25) is 4.98 Å². The van der Waals surface area contributed by atoms with E-state index in [1.807, 2.05) is 18.3 Å². The van der Waals surface area contributed by atoms with Crippen LogP contribution in [0.3, 0.4) is 0 Å². The van der Waals surface area contributed by atoms with Crippen LogP contribution in [0.2, 0.25) is 0 Å². The lowest BCUT2D eigenvalue weighted by atomic mass is 9.96. The first-order chi connectivity index (χ1) is 24.3. The van der Waals surface area contributed by atoms with Crippen LogP contribution < -0.4 is 0 Å². The molecule has 0 atom stereocenters. The summed E-state index contributed by atoms with van der Waals surface area (Å²) in [7, 11) is 0. The van der Waals surface area contributed by atoms with Crippen LogP contribution in [-0.2, 0) is 0 Å². The number of fused-ring (bicyclic) bond motifs is 9. The van der Waals surface area contributed by atoms with Crippen molar-refractivity contribution in [3.8, 4) is 44.6 Å². The van der Waals surface area contributed by atoms with Gasteiger partial charge < -0.3 is 4.42 Å². The largest absolute Gasteiger partial charge is 0.455 e. The summed E-state index contributed by atoms with van der Waals surface area (Å²) in [5.41, 5.74) is 12.5. The number of aromatic nitrogens is 2. The van der Waals surface area contributed by atoms with E-state index in [0.29, 0.717) is 0 Å². The van der Waals surface area contributed by atoms with Crippen molar-refractivity contribution in [1.29, 1.82) is 0 Å². The Morgan fingerprint density at radius 1 is 0.367 bits per heavy atom. The minimum Gasteiger partial charge on any atom is -0.455 e. The lowest BCUT2D eigenvalue weighted by Gasteiger charge is -2.11. The fourth-order valence-corrected chi connectivity index (χ4v) is 7.29. The molecule has 2 aromatic heterocycles. The summed E-state index contributed by atoms with van der Waals surface area (Å²) in [4.78, 5) is 10.2. The van der Waals surface area contributed by atoms with E-state index in [4.69, 9.17) is 14.4 Å². The van der Waals surface area contributed by atoms with E-state index >= 15 is 0 Å². The van der Waals surface area contributed by atoms with Crippen LogP contribution in [-0.4, -0.2) is 9.97 Å². The SMILES string of the molecule is c1cc(-c2ccc(-c3ccc(-c4cccc5c4oc4ccccc45)cc3)cc2)cc(-c2cnc3c4ccccc4c4ccccc4c3n2)c1. The van der Waals surface area contributed by atoms with Crippen molar-refractivity contribution in [2.24, 2.45) is 0 Å². The summed E-state index contributed by atoms with van der Waals surface area (Å²) in [6, 6.07) is 57.7. The van der Waals surface area contributed by atoms with Gasteiger partial charge in [-0.25, -0.2) is 4.98 Å². The molecule has 0 saturated carbocycles. The Bertz CT molecular complexity index is 2830. The predicted molar refractivity (Wildman–Crippen MR) is 204 cm³/mol. The third-order valence-corrected chi connectivity index (χ3v) is 9.74. The van der Waals surface area contributed by atoms with Gasteiger partial charge in [-0.15, -0.1) is 0 Å². The maximum Gasteiger partial charge on any atom is 0.143 e. The molecule has 10 aromatic rings. The highest BCUT2D eigenvalue weighted by molar-refractivity contribution is 6.23. The molecule has 0 spiro atoms. The van der Waals surface area contributed by atoms with Gasteiger partial charge in [0.25, 0.3) is 0 Å². The summed E-state index contributed by atoms with van der Waals surface area (Å²) in [6.45, 7) is 0. The second-order valence-corrected chi connectivity index (χ2v) is 12.6. The van der Waals surface area contributed by atoms with E-state index in [1.54, 1.807) is 0 Å². The topological polar surface area (TPSA) is 38.9 Å². The molecule has 0 fully saturated rings. The van der Waals surface area contributed by atoms with Crippen molar-refractivity contribution in [2.45, 2.75) is 0 Å². The number of hydrogen-bond acceptors (Lipinski definition) is 3. The molecule has 228 valence electrons. The maximum absolute atomic E-state index is 6.29. The molecule has 0 unspecified atom stereocenters. The Hall–Kier alpha value is -6.58. The Kier molecular flexibility index (Phi) is 6.18. The van der Waals surface area contributed by atoms with Crippen molar-refractivity contribution in [3.05, 3.63) is 170 Å². The van der Waals surface area contributed by atoms with Crippen LogP contribution in [0.15, 0.2) is 174 Å². The van der Waals surface area contributed by atoms with Crippen LogP contribution in [0.4, 0.5) is 0 Å². The smallest absolute Gasteiger partial charge is 0.143 e. The number of hydrogen-bond donors (Lipinski definition) is 0. The number of benzene rings is 8. The van der Waals surface area contributed by atoms with Crippen molar-refractivity contribution < 1.29 is 4.42 Å². The molecule has 0 N–H and O–H groups in total. The fraction of sp³-hybridized carbons (Fsp3) is 0. The fourth-order valence-electron chi connectivity index (χ4n) is 7.29. The number of furan rings is 1. The molecule has 0 aliphatic heterocycles. The first kappa shape index (κ1) is 27.5. The molecule has 3 heteroatoms. The summed E-state index contributed by atoms with van der Waals surface area (Å²) in [5, 5.41) is 6.94. The second-order valence-electron chi connectivity index (χ2n) is 12.6. The van der Waals surface area contributed by atoms with Crippen molar-refractivity contribution in [2.75, 3.05) is 0 Å². The highest BCUT2D eigenvalue weighted by Gasteiger charge is 2.14. The van der Waals surface area contributed by atoms with Gasteiger partial charge >= 0.3 is 0 Å². The van der Waals surface area contributed by atoms with Crippen molar-refractivity contribution in [3.63, 3.8) is 0 Å². The van der Waals surface area contributed by atoms with E-state index in [2.05, 4.69) is 152 Å². The molecule has 0 radical (unpaired) electrons. The Labute approximate surface area is 282 Å². The lowest BCUT2D eigenvalue weighted by molar-refractivity contribution is 0.670. The first-order valence-corrected chi connectivity index (χ1v) is 16.6. The average Bonchev–Trinajstić information content (AvgIpc) is 3.57. The molecule has 49 heavy (non-hydrogen) atoms. The van der Waals surface area contributed by atoms with Crippen molar-refractivity contribution >= 4 is 54.5 Å². The van der Waals surface area contributed by atoms with E-state index in [0.717, 1.165) is 77.3 Å². The molecule has 0 aliphatic carbocycles. The summed E-state index contributed by atoms with van der Waals surface area (Å²) in [5.74, 6) is 0. The van der Waals surface area contributed by atoms with Crippen LogP contribution in [0, 0.1) is 0 Å². The van der Waals surface area contributed by atoms with Gasteiger partial charge in [0.2, 0.25) is 0 Å². The van der Waals surface area contributed by atoms with Crippen LogP contribution in [0.25, 0.3) is 99.2 Å². The highest BCUT2D eigenvalue weighted by Crippen LogP contribution is 2.37. The maximum atomic E-state index is 6.29. The van der Waals surface area contributed by atoms with Gasteiger partial charge in [0.05, 0.1) is 22.9 Å². The zero-order valence-corrected chi connectivity index (χ0v) is 26.5. The monoisotopic (exact) mass is 624 g/mol. The number of nitrogens with zero attached hydrogens (tertiary/aromatic N) is 2. The third-order valence-electron chi connectivity index (χ3n) is 9.74. The highest BCUT2D eigenvalue weighted by atomic mass is 16.3. The summed E-state index contributed by atoms with van der Waals surface area (Å²) >= 11 is 0. The zero-order valence-electron chi connectivity index (χ0n) is 26.5. The summed E-state index contributed by atoms with van der Waals surface area (Å²) < 4.78 is 6.29. The van der Waals surface area contributed by atoms with Gasteiger partial charge in [-0.05, 0) is 50.7 Å². The molecule has 0 bridgehead atoms. The third kappa shape index (κ3) is 4.51. The standard InChI is InChI=1S/C46H28N2O/c1-3-14-39-36(11-1)37-12-2-4-15-40(37)45-44(39)47-28-42(48-45)34-10-7-9-33(27-34)31-21-19-29(20-22-31)30-23-25-32(26-24-30)35-16-8-17-41-38-13-5-6-18-43(38)49-46(35)41/h1-28H. The second kappa shape index (κ2) is 11.0. The minimum absolute atomic E-state index is 0.866. The molecule has 0 saturated heterocycles. The Balaban J connectivity index is 0.963. The molecular weight excluding hydrogens is 597 g/mol. The number of para-hydroxylation sites is 2. The van der Waals surface area contributed by atoms with E-state index in [9.17, 15) is 0 Å². The predicted octanol–water partition coefficient (Wildman–Crippen LogP) is 12.5. The molecule has 0 aliphatic rings. The van der Waals surface area contributed by atoms with Gasteiger partial charge in [0.1, 0.15) is 11.2 Å². The molecule has 10 rings (SSSR count). The van der Waals surface area contributed by atoms with Crippen LogP contribution in [0.1, 0.15) is 0 Å². The van der Waals surface area contributed by atoms with Crippen molar-refractivity contribution in [1.82, 2.24) is 9.97 Å². The Morgan fingerprint density at radius 2 is 0.898 bits per heavy atom. The van der Waals surface area contributed by atoms with E-state index in [1.165, 1.54) is 21.9 Å². The quantitative estimate of drug-likeness (QED) is 0.183. The molecular formula is C46H28N2O. The molecule has 0 amide bonds. The average molecular weight is 625 g/mol. The number of rotatable bonds is 4. The molecule has 8 aromatic carbocycles. The minimum atomic E-state index is 0.866. The van der Waals surface area contributed by atoms with Crippen LogP contribution in [0.5, 0.6) is 0 Å². The molecule has 3 nitrogen and oxygen atoms in total. The lowest BCUT2D eigenvalue weighted by Crippen LogP contribution is -1.92. The molecule has 2 heterocycles. The normalized spacial score (nSPS) is 11.7. The van der Waals surface area contributed by atoms with Crippen LogP contribution >= 0.6 is 0 Å². The van der Waals surface area contributed by atoms with Gasteiger partial charge in [0, 0.05) is 32.7 Å². The zero-order chi connectivity index (χ0) is 32.3. The summed E-state index contributed by atoms with van der Waals surface area (Å²) in [6.07, 6.45) is 1.91. The first-order valence-electron chi connectivity index (χ1n) is 16.6.